The molecular formula is C10H15ClN2O2S2. The minimum Gasteiger partial charge on any atom is -0.397 e. The topological polar surface area (TPSA) is 63.4 Å². The van der Waals surface area contributed by atoms with E-state index in [4.69, 9.17) is 17.3 Å². The number of hydrogen-bond acceptors (Lipinski definition) is 4. The summed E-state index contributed by atoms with van der Waals surface area (Å²) in [6, 6.07) is 4.34. The van der Waals surface area contributed by atoms with Crippen LogP contribution in [-0.4, -0.2) is 38.3 Å². The van der Waals surface area contributed by atoms with Crippen molar-refractivity contribution in [3.8, 4) is 0 Å². The molecule has 0 bridgehead atoms. The number of benzene rings is 1. The van der Waals surface area contributed by atoms with Crippen LogP contribution in [0, 0.1) is 0 Å². The Hall–Kier alpha value is -0.430. The lowest BCUT2D eigenvalue weighted by atomic mass is 10.3. The van der Waals surface area contributed by atoms with E-state index in [1.165, 1.54) is 22.5 Å². The molecule has 0 unspecified atom stereocenters. The number of nitrogens with two attached hydrogens (primary N) is 1. The number of anilines is 1. The molecule has 7 heteroatoms. The third-order valence-electron chi connectivity index (χ3n) is 2.29. The average molecular weight is 295 g/mol. The Balaban J connectivity index is 3.00. The molecule has 17 heavy (non-hydrogen) atoms. The van der Waals surface area contributed by atoms with Gasteiger partial charge in [0.05, 0.1) is 15.6 Å². The van der Waals surface area contributed by atoms with Crippen molar-refractivity contribution in [2.24, 2.45) is 0 Å². The number of nitrogen functional groups attached to an aromatic ring is 1. The molecule has 0 fully saturated rings. The van der Waals surface area contributed by atoms with Gasteiger partial charge in [0, 0.05) is 19.3 Å². The Labute approximate surface area is 111 Å². The maximum Gasteiger partial charge on any atom is 0.242 e. The minimum absolute atomic E-state index is 0.169. The molecule has 0 spiro atoms. The van der Waals surface area contributed by atoms with E-state index >= 15 is 0 Å². The van der Waals surface area contributed by atoms with E-state index in [9.17, 15) is 8.42 Å². The Bertz CT molecular complexity index is 491. The smallest absolute Gasteiger partial charge is 0.242 e. The molecule has 4 nitrogen and oxygen atoms in total. The Morgan fingerprint density at radius 1 is 1.47 bits per heavy atom. The molecular weight excluding hydrogens is 280 g/mol. The van der Waals surface area contributed by atoms with Crippen LogP contribution in [-0.2, 0) is 10.0 Å². The summed E-state index contributed by atoms with van der Waals surface area (Å²) in [4.78, 5) is 0.169. The molecule has 0 heterocycles. The molecule has 96 valence electrons. The van der Waals surface area contributed by atoms with Gasteiger partial charge in [0.15, 0.2) is 0 Å². The van der Waals surface area contributed by atoms with Crippen LogP contribution in [0.15, 0.2) is 23.1 Å². The highest BCUT2D eigenvalue weighted by molar-refractivity contribution is 7.98. The summed E-state index contributed by atoms with van der Waals surface area (Å²) in [5.74, 6) is 0.749. The summed E-state index contributed by atoms with van der Waals surface area (Å²) in [6.45, 7) is 0.464. The lowest BCUT2D eigenvalue weighted by Crippen LogP contribution is -2.29. The molecule has 1 aromatic rings. The lowest BCUT2D eigenvalue weighted by molar-refractivity contribution is 0.488. The fraction of sp³-hybridized carbons (Fsp3) is 0.400. The van der Waals surface area contributed by atoms with Crippen LogP contribution >= 0.6 is 23.4 Å². The zero-order valence-corrected chi connectivity index (χ0v) is 12.1. The molecule has 0 atom stereocenters. The Morgan fingerprint density at radius 3 is 2.65 bits per heavy atom. The third-order valence-corrected chi connectivity index (χ3v) is 5.07. The predicted octanol–water partition coefficient (Wildman–Crippen LogP) is 1.91. The van der Waals surface area contributed by atoms with Crippen molar-refractivity contribution in [2.75, 3.05) is 31.3 Å². The fourth-order valence-corrected chi connectivity index (χ4v) is 3.10. The molecule has 0 saturated heterocycles. The lowest BCUT2D eigenvalue weighted by Gasteiger charge is -2.17. The van der Waals surface area contributed by atoms with Crippen LogP contribution in [0.1, 0.15) is 0 Å². The van der Waals surface area contributed by atoms with Gasteiger partial charge in [-0.2, -0.15) is 11.8 Å². The van der Waals surface area contributed by atoms with Crippen LogP contribution in [0.4, 0.5) is 5.69 Å². The van der Waals surface area contributed by atoms with Gasteiger partial charge in [-0.3, -0.25) is 0 Å². The third kappa shape index (κ3) is 3.51. The van der Waals surface area contributed by atoms with Crippen molar-refractivity contribution in [2.45, 2.75) is 4.90 Å². The molecule has 0 aromatic heterocycles. The van der Waals surface area contributed by atoms with Crippen LogP contribution in [0.25, 0.3) is 0 Å². The van der Waals surface area contributed by atoms with E-state index in [1.807, 2.05) is 6.26 Å². The molecule has 0 saturated carbocycles. The zero-order valence-electron chi connectivity index (χ0n) is 9.68. The second-order valence-corrected chi connectivity index (χ2v) is 6.94. The van der Waals surface area contributed by atoms with Gasteiger partial charge in [-0.15, -0.1) is 0 Å². The van der Waals surface area contributed by atoms with Gasteiger partial charge in [0.1, 0.15) is 0 Å². The average Bonchev–Trinajstić information content (AvgIpc) is 2.29. The summed E-state index contributed by atoms with van der Waals surface area (Å²) in [5, 5.41) is 0.357. The molecule has 0 aliphatic carbocycles. The van der Waals surface area contributed by atoms with Crippen LogP contribution < -0.4 is 5.73 Å². The standard InChI is InChI=1S/C10H15ClN2O2S2/c1-13(5-6-16-2)17(14,15)8-3-4-9(11)10(12)7-8/h3-4,7H,5-6,12H2,1-2H3. The minimum atomic E-state index is -3.47. The maximum absolute atomic E-state index is 12.1. The first kappa shape index (κ1) is 14.6. The highest BCUT2D eigenvalue weighted by atomic mass is 35.5. The summed E-state index contributed by atoms with van der Waals surface area (Å²) in [6.07, 6.45) is 1.93. The van der Waals surface area contributed by atoms with E-state index in [-0.39, 0.29) is 10.6 Å². The maximum atomic E-state index is 12.1. The molecule has 0 aliphatic heterocycles. The van der Waals surface area contributed by atoms with Gasteiger partial charge >= 0.3 is 0 Å². The quantitative estimate of drug-likeness (QED) is 0.843. The van der Waals surface area contributed by atoms with E-state index in [1.54, 1.807) is 18.8 Å². The molecule has 0 aliphatic rings. The largest absolute Gasteiger partial charge is 0.397 e. The van der Waals surface area contributed by atoms with Gasteiger partial charge in [-0.05, 0) is 24.5 Å². The molecule has 0 radical (unpaired) electrons. The van der Waals surface area contributed by atoms with E-state index in [0.717, 1.165) is 5.75 Å². The summed E-state index contributed by atoms with van der Waals surface area (Å²) in [5.41, 5.74) is 5.87. The summed E-state index contributed by atoms with van der Waals surface area (Å²) < 4.78 is 25.6. The second-order valence-electron chi connectivity index (χ2n) is 3.50. The fourth-order valence-electron chi connectivity index (χ4n) is 1.20. The molecule has 1 rings (SSSR count). The predicted molar refractivity (Wildman–Crippen MR) is 74.1 cm³/mol. The van der Waals surface area contributed by atoms with Crippen molar-refractivity contribution in [3.63, 3.8) is 0 Å². The first-order valence-electron chi connectivity index (χ1n) is 4.90. The van der Waals surface area contributed by atoms with Crippen LogP contribution in [0.3, 0.4) is 0 Å². The van der Waals surface area contributed by atoms with Gasteiger partial charge in [-0.1, -0.05) is 11.6 Å². The van der Waals surface area contributed by atoms with Crippen molar-refractivity contribution < 1.29 is 8.42 Å². The van der Waals surface area contributed by atoms with Crippen molar-refractivity contribution in [1.29, 1.82) is 0 Å². The summed E-state index contributed by atoms with van der Waals surface area (Å²) >= 11 is 7.35. The number of sulfonamides is 1. The number of halogens is 1. The van der Waals surface area contributed by atoms with Gasteiger partial charge in [0.2, 0.25) is 10.0 Å². The monoisotopic (exact) mass is 294 g/mol. The number of rotatable bonds is 5. The van der Waals surface area contributed by atoms with Crippen LogP contribution in [0.2, 0.25) is 5.02 Å². The van der Waals surface area contributed by atoms with E-state index < -0.39 is 10.0 Å². The zero-order chi connectivity index (χ0) is 13.1. The first-order valence-corrected chi connectivity index (χ1v) is 8.11. The van der Waals surface area contributed by atoms with Gasteiger partial charge < -0.3 is 5.73 Å². The highest BCUT2D eigenvalue weighted by Crippen LogP contribution is 2.23. The molecule has 0 amide bonds. The summed E-state index contributed by atoms with van der Waals surface area (Å²) in [7, 11) is -1.92. The highest BCUT2D eigenvalue weighted by Gasteiger charge is 2.20. The molecule has 1 aromatic carbocycles. The number of hydrogen-bond donors (Lipinski definition) is 1. The number of thioether (sulfide) groups is 1. The molecule has 2 N–H and O–H groups in total. The second kappa shape index (κ2) is 5.95. The van der Waals surface area contributed by atoms with Crippen LogP contribution in [0.5, 0.6) is 0 Å². The van der Waals surface area contributed by atoms with E-state index in [0.29, 0.717) is 11.6 Å². The van der Waals surface area contributed by atoms with Crippen molar-refractivity contribution >= 4 is 39.1 Å². The van der Waals surface area contributed by atoms with Gasteiger partial charge in [0.25, 0.3) is 0 Å². The Kier molecular flexibility index (Phi) is 5.12. The van der Waals surface area contributed by atoms with Gasteiger partial charge in [-0.25, -0.2) is 12.7 Å². The van der Waals surface area contributed by atoms with E-state index in [2.05, 4.69) is 0 Å². The normalized spacial score (nSPS) is 12.0. The number of nitrogens with zero attached hydrogens (tertiary/aromatic N) is 1. The SMILES string of the molecule is CSCCN(C)S(=O)(=O)c1ccc(Cl)c(N)c1. The van der Waals surface area contributed by atoms with Crippen molar-refractivity contribution in [1.82, 2.24) is 4.31 Å². The first-order chi connectivity index (χ1) is 7.89. The van der Waals surface area contributed by atoms with Crippen molar-refractivity contribution in [3.05, 3.63) is 23.2 Å². The Morgan fingerprint density at radius 2 is 2.12 bits per heavy atom.